The molecular weight excluding hydrogens is 286 g/mol. The molecule has 2 fully saturated rings. The van der Waals surface area contributed by atoms with Gasteiger partial charge in [0, 0.05) is 31.0 Å². The summed E-state index contributed by atoms with van der Waals surface area (Å²) >= 11 is 1.63. The highest BCUT2D eigenvalue weighted by atomic mass is 32.1. The molecule has 0 radical (unpaired) electrons. The van der Waals surface area contributed by atoms with Gasteiger partial charge in [-0.15, -0.1) is 11.3 Å². The quantitative estimate of drug-likeness (QED) is 0.806. The average Bonchev–Trinajstić information content (AvgIpc) is 3.15. The topological polar surface area (TPSA) is 38.8 Å². The minimum atomic E-state index is -0.189. The monoisotopic (exact) mass is 307 g/mol. The minimum Gasteiger partial charge on any atom is -0.379 e. The number of thiophene rings is 1. The average molecular weight is 307 g/mol. The molecule has 1 aromatic rings. The van der Waals surface area contributed by atoms with E-state index in [-0.39, 0.29) is 17.6 Å². The Bertz CT molecular complexity index is 514. The van der Waals surface area contributed by atoms with Crippen LogP contribution in [0.5, 0.6) is 0 Å². The van der Waals surface area contributed by atoms with Gasteiger partial charge in [0.25, 0.3) is 0 Å². The molecule has 1 amide bonds. The third-order valence-electron chi connectivity index (χ3n) is 4.29. The van der Waals surface area contributed by atoms with Crippen molar-refractivity contribution in [3.05, 3.63) is 28.5 Å². The summed E-state index contributed by atoms with van der Waals surface area (Å²) in [5.74, 6) is 0.0759. The fourth-order valence-electron chi connectivity index (χ4n) is 3.17. The van der Waals surface area contributed by atoms with E-state index in [4.69, 9.17) is 9.47 Å². The summed E-state index contributed by atoms with van der Waals surface area (Å²) in [6.45, 7) is 2.14. The molecule has 2 aliphatic heterocycles. The van der Waals surface area contributed by atoms with Gasteiger partial charge >= 0.3 is 0 Å². The highest BCUT2D eigenvalue weighted by molar-refractivity contribution is 7.10. The van der Waals surface area contributed by atoms with Crippen molar-refractivity contribution in [3.8, 4) is 0 Å². The molecule has 0 unspecified atom stereocenters. The van der Waals surface area contributed by atoms with Crippen LogP contribution in [0.1, 0.15) is 24.1 Å². The second-order valence-electron chi connectivity index (χ2n) is 5.77. The van der Waals surface area contributed by atoms with Crippen LogP contribution < -0.4 is 0 Å². The molecule has 114 valence electrons. The van der Waals surface area contributed by atoms with Crippen LogP contribution in [-0.2, 0) is 14.3 Å². The summed E-state index contributed by atoms with van der Waals surface area (Å²) in [6, 6.07) is 4.00. The molecule has 3 rings (SSSR count). The second-order valence-corrected chi connectivity index (χ2v) is 6.75. The number of amides is 1. The molecule has 4 nitrogen and oxygen atoms in total. The number of hydrogen-bond donors (Lipinski definition) is 0. The Balaban J connectivity index is 1.62. The largest absolute Gasteiger partial charge is 0.379 e. The molecule has 2 saturated heterocycles. The lowest BCUT2D eigenvalue weighted by molar-refractivity contribution is -0.133. The van der Waals surface area contributed by atoms with E-state index in [0.29, 0.717) is 13.2 Å². The van der Waals surface area contributed by atoms with Gasteiger partial charge < -0.3 is 14.4 Å². The molecule has 0 aromatic carbocycles. The number of likely N-dealkylation sites (tertiary alicyclic amines) is 1. The minimum absolute atomic E-state index is 0.0759. The molecule has 2 atom stereocenters. The summed E-state index contributed by atoms with van der Waals surface area (Å²) in [7, 11) is 1.72. The number of carbonyl (C=O) groups is 1. The number of nitrogens with zero attached hydrogens (tertiary/aromatic N) is 1. The normalized spacial score (nSPS) is 29.6. The molecule has 3 heterocycles. The van der Waals surface area contributed by atoms with Crippen LogP contribution in [-0.4, -0.2) is 49.3 Å². The van der Waals surface area contributed by atoms with Crippen LogP contribution in [0.4, 0.5) is 0 Å². The summed E-state index contributed by atoms with van der Waals surface area (Å²) in [4.78, 5) is 15.4. The van der Waals surface area contributed by atoms with Crippen molar-refractivity contribution in [1.29, 1.82) is 0 Å². The molecule has 1 aromatic heterocycles. The zero-order valence-corrected chi connectivity index (χ0v) is 13.1. The van der Waals surface area contributed by atoms with Crippen LogP contribution in [0.25, 0.3) is 6.08 Å². The fraction of sp³-hybridized carbons (Fsp3) is 0.562. The van der Waals surface area contributed by atoms with Gasteiger partial charge in [-0.3, -0.25) is 4.79 Å². The molecule has 0 N–H and O–H groups in total. The Labute approximate surface area is 129 Å². The van der Waals surface area contributed by atoms with Crippen molar-refractivity contribution in [2.75, 3.05) is 26.8 Å². The van der Waals surface area contributed by atoms with Gasteiger partial charge in [-0.1, -0.05) is 6.07 Å². The summed E-state index contributed by atoms with van der Waals surface area (Å²) in [6.07, 6.45) is 6.64. The Morgan fingerprint density at radius 3 is 3.24 bits per heavy atom. The maximum Gasteiger partial charge on any atom is 0.246 e. The molecule has 0 saturated carbocycles. The zero-order valence-electron chi connectivity index (χ0n) is 12.3. The van der Waals surface area contributed by atoms with Gasteiger partial charge in [-0.25, -0.2) is 0 Å². The zero-order chi connectivity index (χ0) is 14.7. The van der Waals surface area contributed by atoms with Crippen molar-refractivity contribution >= 4 is 23.3 Å². The van der Waals surface area contributed by atoms with Crippen LogP contribution >= 0.6 is 11.3 Å². The van der Waals surface area contributed by atoms with Crippen LogP contribution in [0.2, 0.25) is 0 Å². The fourth-order valence-corrected chi connectivity index (χ4v) is 3.79. The van der Waals surface area contributed by atoms with E-state index < -0.39 is 0 Å². The standard InChI is InChI=1S/C16H21NO3S/c1-19-13-10-16(20-11-13)7-3-8-17(12-16)15(18)6-5-14-4-2-9-21-14/h2,4-6,9,13H,3,7-8,10-12H2,1H3/b6-5+/t13-,16+/m0/s1. The van der Waals surface area contributed by atoms with E-state index in [9.17, 15) is 4.79 Å². The SMILES string of the molecule is CO[C@@H]1CO[C@]2(CCCN(C(=O)/C=C/c3cccs3)C2)C1. The van der Waals surface area contributed by atoms with Gasteiger partial charge in [0.2, 0.25) is 5.91 Å². The lowest BCUT2D eigenvalue weighted by atomic mass is 9.89. The third kappa shape index (κ3) is 3.36. The lowest BCUT2D eigenvalue weighted by Gasteiger charge is -2.39. The maximum atomic E-state index is 12.3. The van der Waals surface area contributed by atoms with Gasteiger partial charge in [0.1, 0.15) is 0 Å². The first kappa shape index (κ1) is 14.8. The van der Waals surface area contributed by atoms with Crippen LogP contribution in [0.15, 0.2) is 23.6 Å². The number of hydrogen-bond acceptors (Lipinski definition) is 4. The Hall–Kier alpha value is -1.17. The van der Waals surface area contributed by atoms with Gasteiger partial charge in [-0.05, 0) is 30.4 Å². The summed E-state index contributed by atoms with van der Waals surface area (Å²) in [5.41, 5.74) is -0.189. The number of rotatable bonds is 3. The molecule has 5 heteroatoms. The van der Waals surface area contributed by atoms with E-state index in [2.05, 4.69) is 0 Å². The van der Waals surface area contributed by atoms with E-state index in [1.54, 1.807) is 24.5 Å². The second kappa shape index (κ2) is 6.30. The highest BCUT2D eigenvalue weighted by Gasteiger charge is 2.44. The van der Waals surface area contributed by atoms with E-state index in [1.165, 1.54) is 0 Å². The number of methoxy groups -OCH3 is 1. The van der Waals surface area contributed by atoms with Crippen molar-refractivity contribution in [3.63, 3.8) is 0 Å². The van der Waals surface area contributed by atoms with Gasteiger partial charge in [0.05, 0.1) is 24.9 Å². The molecule has 21 heavy (non-hydrogen) atoms. The van der Waals surface area contributed by atoms with Crippen LogP contribution in [0, 0.1) is 0 Å². The van der Waals surface area contributed by atoms with Crippen LogP contribution in [0.3, 0.4) is 0 Å². The number of ether oxygens (including phenoxy) is 2. The number of piperidine rings is 1. The molecule has 0 bridgehead atoms. The van der Waals surface area contributed by atoms with Crippen molar-refractivity contribution in [2.24, 2.45) is 0 Å². The third-order valence-corrected chi connectivity index (χ3v) is 5.13. The first-order valence-corrected chi connectivity index (χ1v) is 8.26. The van der Waals surface area contributed by atoms with E-state index in [1.807, 2.05) is 28.5 Å². The highest BCUT2D eigenvalue weighted by Crippen LogP contribution is 2.35. The number of carbonyl (C=O) groups excluding carboxylic acids is 1. The molecule has 0 aliphatic carbocycles. The maximum absolute atomic E-state index is 12.3. The molecule has 2 aliphatic rings. The smallest absolute Gasteiger partial charge is 0.246 e. The van der Waals surface area contributed by atoms with E-state index in [0.717, 1.165) is 30.7 Å². The predicted molar refractivity (Wildman–Crippen MR) is 83.3 cm³/mol. The lowest BCUT2D eigenvalue weighted by Crippen LogP contribution is -2.49. The first-order valence-electron chi connectivity index (χ1n) is 7.38. The Morgan fingerprint density at radius 2 is 2.52 bits per heavy atom. The Kier molecular flexibility index (Phi) is 4.42. The predicted octanol–water partition coefficient (Wildman–Crippen LogP) is 2.56. The summed E-state index contributed by atoms with van der Waals surface area (Å²) < 4.78 is 11.4. The van der Waals surface area contributed by atoms with Crippen molar-refractivity contribution in [2.45, 2.75) is 31.0 Å². The van der Waals surface area contributed by atoms with Gasteiger partial charge in [0.15, 0.2) is 0 Å². The van der Waals surface area contributed by atoms with Gasteiger partial charge in [-0.2, -0.15) is 0 Å². The molecule has 1 spiro atoms. The summed E-state index contributed by atoms with van der Waals surface area (Å²) in [5, 5.41) is 2.01. The van der Waals surface area contributed by atoms with Crippen molar-refractivity contribution in [1.82, 2.24) is 4.90 Å². The van der Waals surface area contributed by atoms with Crippen molar-refractivity contribution < 1.29 is 14.3 Å². The molecular formula is C16H21NO3S. The Morgan fingerprint density at radius 1 is 1.62 bits per heavy atom. The van der Waals surface area contributed by atoms with E-state index >= 15 is 0 Å². The first-order chi connectivity index (χ1) is 10.2.